The van der Waals surface area contributed by atoms with E-state index in [1.54, 1.807) is 36.4 Å². The Morgan fingerprint density at radius 3 is 1.29 bits per heavy atom. The van der Waals surface area contributed by atoms with Gasteiger partial charge in [0.15, 0.2) is 0 Å². The Balaban J connectivity index is 0.000000157. The summed E-state index contributed by atoms with van der Waals surface area (Å²) in [7, 11) is 0. The van der Waals surface area contributed by atoms with Gasteiger partial charge in [-0.15, -0.1) is 0 Å². The predicted molar refractivity (Wildman–Crippen MR) is 213 cm³/mol. The molecule has 0 atom stereocenters. The van der Waals surface area contributed by atoms with Crippen molar-refractivity contribution in [2.75, 3.05) is 13.1 Å². The number of hydrogen-bond acceptors (Lipinski definition) is 3. The number of nitrogens with two attached hydrogens (primary N) is 1. The van der Waals surface area contributed by atoms with Gasteiger partial charge in [-0.25, -0.2) is 13.6 Å². The molecule has 0 bridgehead atoms. The first-order valence-corrected chi connectivity index (χ1v) is 19.6. The second-order valence-electron chi connectivity index (χ2n) is 15.9. The molecule has 55 heavy (non-hydrogen) atoms. The van der Waals surface area contributed by atoms with Crippen LogP contribution in [0.1, 0.15) is 120 Å². The van der Waals surface area contributed by atoms with E-state index >= 15 is 0 Å². The lowest BCUT2D eigenvalue weighted by molar-refractivity contribution is 0.0696. The fraction of sp³-hybridized carbons (Fsp3) is 0.375. The normalized spacial score (nSPS) is 17.0. The molecule has 4 aromatic rings. The van der Waals surface area contributed by atoms with Crippen molar-refractivity contribution in [3.8, 4) is 23.7 Å². The predicted octanol–water partition coefficient (Wildman–Crippen LogP) is 9.76. The van der Waals surface area contributed by atoms with Crippen LogP contribution in [0.15, 0.2) is 97.1 Å². The highest BCUT2D eigenvalue weighted by Crippen LogP contribution is 2.51. The molecule has 4 saturated carbocycles. The van der Waals surface area contributed by atoms with Crippen LogP contribution in [0.3, 0.4) is 0 Å². The van der Waals surface area contributed by atoms with Crippen LogP contribution in [-0.4, -0.2) is 30.1 Å². The van der Waals surface area contributed by atoms with E-state index in [-0.39, 0.29) is 23.1 Å². The molecule has 0 unspecified atom stereocenters. The van der Waals surface area contributed by atoms with E-state index < -0.39 is 5.97 Å². The maximum absolute atomic E-state index is 12.9. The Kier molecular flexibility index (Phi) is 13.2. The minimum Gasteiger partial charge on any atom is -0.478 e. The van der Waals surface area contributed by atoms with Gasteiger partial charge in [-0.05, 0) is 165 Å². The lowest BCUT2D eigenvalue weighted by atomic mass is 9.65. The molecule has 4 fully saturated rings. The van der Waals surface area contributed by atoms with Crippen LogP contribution >= 0.6 is 0 Å². The number of hydrogen-bond donors (Lipinski definition) is 3. The number of nitrogens with one attached hydrogen (secondary N) is 1. The van der Waals surface area contributed by atoms with Crippen LogP contribution in [0, 0.1) is 58.0 Å². The summed E-state index contributed by atoms with van der Waals surface area (Å²) in [6, 6.07) is 25.6. The van der Waals surface area contributed by atoms with Crippen molar-refractivity contribution in [3.63, 3.8) is 0 Å². The summed E-state index contributed by atoms with van der Waals surface area (Å²) in [5.74, 6) is 12.2. The SMILES string of the molecule is NCC1(CC2CC2)CCC1.O=C(NCC1(CC2CC2)CCC1)c1ccc(C#Cc2ccc(F)cc2)cc1.O=C(O)c1ccc(C#Cc2ccc(F)cc2)cc1. The number of carbonyl (C=O) groups excluding carboxylic acids is 1. The zero-order chi connectivity index (χ0) is 38.7. The summed E-state index contributed by atoms with van der Waals surface area (Å²) < 4.78 is 25.6. The number of halogens is 2. The molecule has 7 heteroatoms. The first-order chi connectivity index (χ1) is 26.6. The van der Waals surface area contributed by atoms with Crippen molar-refractivity contribution in [2.45, 2.75) is 77.0 Å². The highest BCUT2D eigenvalue weighted by atomic mass is 19.1. The molecule has 0 aliphatic heterocycles. The van der Waals surface area contributed by atoms with Gasteiger partial charge in [-0.1, -0.05) is 62.2 Å². The Morgan fingerprint density at radius 1 is 0.600 bits per heavy atom. The summed E-state index contributed by atoms with van der Waals surface area (Å²) in [5.41, 5.74) is 10.6. The summed E-state index contributed by atoms with van der Waals surface area (Å²) in [4.78, 5) is 23.1. The molecule has 4 aromatic carbocycles. The second-order valence-corrected chi connectivity index (χ2v) is 15.9. The largest absolute Gasteiger partial charge is 0.478 e. The fourth-order valence-corrected chi connectivity index (χ4v) is 7.29. The molecule has 0 saturated heterocycles. The van der Waals surface area contributed by atoms with Gasteiger partial charge in [0.1, 0.15) is 11.6 Å². The van der Waals surface area contributed by atoms with Crippen LogP contribution in [-0.2, 0) is 0 Å². The van der Waals surface area contributed by atoms with E-state index in [4.69, 9.17) is 10.8 Å². The van der Waals surface area contributed by atoms with Crippen LogP contribution < -0.4 is 11.1 Å². The average Bonchev–Trinajstić information content (AvgIpc) is 4.12. The second kappa shape index (κ2) is 18.4. The summed E-state index contributed by atoms with van der Waals surface area (Å²) in [6.45, 7) is 1.75. The number of aromatic carboxylic acids is 1. The van der Waals surface area contributed by atoms with Crippen LogP contribution in [0.5, 0.6) is 0 Å². The van der Waals surface area contributed by atoms with Gasteiger partial charge < -0.3 is 16.2 Å². The number of carbonyl (C=O) groups is 2. The van der Waals surface area contributed by atoms with Crippen molar-refractivity contribution in [3.05, 3.63) is 142 Å². The minimum absolute atomic E-state index is 0.00452. The van der Waals surface area contributed by atoms with Gasteiger partial charge in [0.2, 0.25) is 0 Å². The highest BCUT2D eigenvalue weighted by Gasteiger charge is 2.42. The van der Waals surface area contributed by atoms with Crippen molar-refractivity contribution >= 4 is 11.9 Å². The number of rotatable bonds is 9. The van der Waals surface area contributed by atoms with Gasteiger partial charge in [0.25, 0.3) is 5.91 Å². The van der Waals surface area contributed by atoms with Gasteiger partial charge in [-0.2, -0.15) is 0 Å². The lowest BCUT2D eigenvalue weighted by Gasteiger charge is -2.42. The molecular formula is C48H50F2N2O3. The van der Waals surface area contributed by atoms with Gasteiger partial charge in [-0.3, -0.25) is 4.79 Å². The molecule has 1 amide bonds. The summed E-state index contributed by atoms with van der Waals surface area (Å²) in [6.07, 6.45) is 16.5. The van der Waals surface area contributed by atoms with Crippen molar-refractivity contribution < 1.29 is 23.5 Å². The monoisotopic (exact) mass is 740 g/mol. The lowest BCUT2D eigenvalue weighted by Crippen LogP contribution is -2.42. The standard InChI is InChI=1S/C24H24FNO.C15H9FO2.C9H17N/c25-22-12-8-19(9-13-22)3-2-18-6-10-21(11-7-18)23(27)26-17-24(14-1-15-24)16-20-4-5-20;16-14-9-5-12(6-10-14)2-1-11-3-7-13(8-4-11)15(17)18;10-7-9(4-1-5-9)6-8-2-3-8/h6-13,20H,1,4-5,14-17H2,(H,26,27);3-10H,(H,17,18);8H,1-7,10H2. The Bertz CT molecular complexity index is 2010. The number of amides is 1. The Hall–Kier alpha value is -5.24. The molecule has 5 nitrogen and oxygen atoms in total. The maximum Gasteiger partial charge on any atom is 0.335 e. The third-order valence-corrected chi connectivity index (χ3v) is 11.4. The molecule has 0 heterocycles. The van der Waals surface area contributed by atoms with E-state index in [2.05, 4.69) is 29.0 Å². The topological polar surface area (TPSA) is 92.4 Å². The summed E-state index contributed by atoms with van der Waals surface area (Å²) >= 11 is 0. The minimum atomic E-state index is -0.965. The third-order valence-electron chi connectivity index (χ3n) is 11.4. The molecule has 284 valence electrons. The van der Waals surface area contributed by atoms with Crippen molar-refractivity contribution in [2.24, 2.45) is 28.4 Å². The van der Waals surface area contributed by atoms with Crippen LogP contribution in [0.2, 0.25) is 0 Å². The van der Waals surface area contributed by atoms with Crippen molar-refractivity contribution in [1.82, 2.24) is 5.32 Å². The van der Waals surface area contributed by atoms with Crippen LogP contribution in [0.25, 0.3) is 0 Å². The zero-order valence-electron chi connectivity index (χ0n) is 31.4. The molecule has 4 aliphatic carbocycles. The van der Waals surface area contributed by atoms with E-state index in [0.717, 1.165) is 36.1 Å². The Labute approximate surface area is 324 Å². The van der Waals surface area contributed by atoms with E-state index in [1.807, 2.05) is 24.3 Å². The van der Waals surface area contributed by atoms with E-state index in [1.165, 1.54) is 113 Å². The molecule has 0 spiro atoms. The van der Waals surface area contributed by atoms with Gasteiger partial charge in [0.05, 0.1) is 5.56 Å². The summed E-state index contributed by atoms with van der Waals surface area (Å²) in [5, 5.41) is 11.9. The molecule has 0 radical (unpaired) electrons. The third kappa shape index (κ3) is 12.1. The number of carboxylic acids is 1. The van der Waals surface area contributed by atoms with Crippen molar-refractivity contribution in [1.29, 1.82) is 0 Å². The van der Waals surface area contributed by atoms with E-state index in [9.17, 15) is 18.4 Å². The van der Waals surface area contributed by atoms with Gasteiger partial charge in [0, 0.05) is 34.4 Å². The average molecular weight is 741 g/mol. The molecule has 8 rings (SSSR count). The first kappa shape index (κ1) is 39.5. The maximum atomic E-state index is 12.9. The molecular weight excluding hydrogens is 691 g/mol. The van der Waals surface area contributed by atoms with E-state index in [0.29, 0.717) is 27.5 Å². The highest BCUT2D eigenvalue weighted by molar-refractivity contribution is 5.94. The molecule has 4 aliphatic rings. The smallest absolute Gasteiger partial charge is 0.335 e. The molecule has 4 N–H and O–H groups in total. The van der Waals surface area contributed by atoms with Gasteiger partial charge >= 0.3 is 5.97 Å². The fourth-order valence-electron chi connectivity index (χ4n) is 7.29. The number of carboxylic acid groups (broad SMARTS) is 1. The van der Waals surface area contributed by atoms with Crippen LogP contribution in [0.4, 0.5) is 8.78 Å². The first-order valence-electron chi connectivity index (χ1n) is 19.6. The number of benzene rings is 4. The Morgan fingerprint density at radius 2 is 0.964 bits per heavy atom. The molecule has 0 aromatic heterocycles. The zero-order valence-corrected chi connectivity index (χ0v) is 31.4. The quantitative estimate of drug-likeness (QED) is 0.149.